The van der Waals surface area contributed by atoms with E-state index < -0.39 is 0 Å². The zero-order chi connectivity index (χ0) is 10.7. The molecule has 0 unspecified atom stereocenters. The van der Waals surface area contributed by atoms with Crippen LogP contribution in [0, 0.1) is 0 Å². The van der Waals surface area contributed by atoms with Crippen molar-refractivity contribution < 1.29 is 4.79 Å². The van der Waals surface area contributed by atoms with Gasteiger partial charge in [0.25, 0.3) is 0 Å². The normalized spacial score (nSPS) is 22.5. The molecule has 2 heteroatoms. The van der Waals surface area contributed by atoms with E-state index in [4.69, 9.17) is 11.6 Å². The summed E-state index contributed by atoms with van der Waals surface area (Å²) < 4.78 is 0. The molecule has 1 atom stereocenters. The maximum absolute atomic E-state index is 11.9. The van der Waals surface area contributed by atoms with Crippen molar-refractivity contribution in [1.29, 1.82) is 0 Å². The van der Waals surface area contributed by atoms with E-state index >= 15 is 0 Å². The first-order chi connectivity index (χ1) is 7.29. The second-order valence-corrected chi connectivity index (χ2v) is 4.55. The van der Waals surface area contributed by atoms with Crippen molar-refractivity contribution in [1.82, 2.24) is 0 Å². The van der Waals surface area contributed by atoms with Gasteiger partial charge in [0.2, 0.25) is 0 Å². The molecule has 0 bridgehead atoms. The Hall–Kier alpha value is -0.820. The Balaban J connectivity index is 2.28. The van der Waals surface area contributed by atoms with Crippen molar-refractivity contribution >= 4 is 17.4 Å². The summed E-state index contributed by atoms with van der Waals surface area (Å²) in [7, 11) is 0. The van der Waals surface area contributed by atoms with Crippen LogP contribution in [0.15, 0.2) is 24.3 Å². The summed E-state index contributed by atoms with van der Waals surface area (Å²) in [6.45, 7) is 0. The number of ketones is 1. The highest BCUT2D eigenvalue weighted by Gasteiger charge is 2.23. The monoisotopic (exact) mass is 222 g/mol. The highest BCUT2D eigenvalue weighted by atomic mass is 35.5. The van der Waals surface area contributed by atoms with Crippen molar-refractivity contribution in [2.75, 3.05) is 0 Å². The number of hydrogen-bond donors (Lipinski definition) is 0. The number of hydrogen-bond acceptors (Lipinski definition) is 1. The summed E-state index contributed by atoms with van der Waals surface area (Å²) in [6.07, 6.45) is 5.03. The van der Waals surface area contributed by atoms with Gasteiger partial charge in [0, 0.05) is 17.4 Å². The molecule has 0 N–H and O–H groups in total. The molecular weight excluding hydrogens is 208 g/mol. The molecule has 15 heavy (non-hydrogen) atoms. The smallest absolute Gasteiger partial charge is 0.140 e. The standard InChI is InChI=1S/C13H15ClO/c14-12-8-5-4-6-10(12)11-7-2-1-3-9-13(11)15/h4-6,8,11H,1-3,7,9H2/t11-/m1/s1. The molecule has 2 rings (SSSR count). The third kappa shape index (κ3) is 2.40. The van der Waals surface area contributed by atoms with Crippen molar-refractivity contribution in [3.05, 3.63) is 34.9 Å². The molecule has 0 aliphatic heterocycles. The summed E-state index contributed by atoms with van der Waals surface area (Å²) in [6, 6.07) is 7.72. The summed E-state index contributed by atoms with van der Waals surface area (Å²) in [4.78, 5) is 11.9. The first kappa shape index (κ1) is 10.7. The van der Waals surface area contributed by atoms with E-state index in [9.17, 15) is 4.79 Å². The Morgan fingerprint density at radius 3 is 2.73 bits per heavy atom. The SMILES string of the molecule is O=C1CCCCC[C@@H]1c1ccccc1Cl. The van der Waals surface area contributed by atoms with E-state index in [0.29, 0.717) is 5.78 Å². The molecule has 80 valence electrons. The Morgan fingerprint density at radius 2 is 1.93 bits per heavy atom. The van der Waals surface area contributed by atoms with Crippen LogP contribution in [-0.2, 0) is 4.79 Å². The van der Waals surface area contributed by atoms with Crippen LogP contribution in [0.1, 0.15) is 43.6 Å². The predicted octanol–water partition coefficient (Wildman–Crippen LogP) is 3.96. The van der Waals surface area contributed by atoms with Crippen LogP contribution in [0.25, 0.3) is 0 Å². The van der Waals surface area contributed by atoms with Gasteiger partial charge in [-0.1, -0.05) is 42.6 Å². The molecule has 1 aromatic rings. The molecule has 0 heterocycles. The Labute approximate surface area is 95.4 Å². The van der Waals surface area contributed by atoms with Gasteiger partial charge >= 0.3 is 0 Å². The van der Waals surface area contributed by atoms with Crippen molar-refractivity contribution in [3.8, 4) is 0 Å². The van der Waals surface area contributed by atoms with E-state index in [1.165, 1.54) is 6.42 Å². The van der Waals surface area contributed by atoms with E-state index in [2.05, 4.69) is 0 Å². The Bertz CT molecular complexity index is 359. The number of rotatable bonds is 1. The molecule has 0 spiro atoms. The molecule has 1 aliphatic rings. The second kappa shape index (κ2) is 4.80. The summed E-state index contributed by atoms with van der Waals surface area (Å²) in [5.41, 5.74) is 1.02. The fourth-order valence-corrected chi connectivity index (χ4v) is 2.51. The molecule has 1 saturated carbocycles. The minimum atomic E-state index is 0.0428. The average molecular weight is 223 g/mol. The minimum Gasteiger partial charge on any atom is -0.299 e. The van der Waals surface area contributed by atoms with E-state index in [-0.39, 0.29) is 5.92 Å². The molecule has 1 fully saturated rings. The quantitative estimate of drug-likeness (QED) is 0.658. The zero-order valence-corrected chi connectivity index (χ0v) is 9.46. The van der Waals surface area contributed by atoms with E-state index in [0.717, 1.165) is 36.3 Å². The van der Waals surface area contributed by atoms with E-state index in [1.807, 2.05) is 24.3 Å². The molecule has 0 saturated heterocycles. The lowest BCUT2D eigenvalue weighted by atomic mass is 9.91. The molecule has 1 aliphatic carbocycles. The summed E-state index contributed by atoms with van der Waals surface area (Å²) in [5, 5.41) is 0.734. The molecule has 0 aromatic heterocycles. The van der Waals surface area contributed by atoms with Gasteiger partial charge in [-0.05, 0) is 24.5 Å². The molecule has 1 aromatic carbocycles. The van der Waals surface area contributed by atoms with Crippen LogP contribution in [0.5, 0.6) is 0 Å². The fraction of sp³-hybridized carbons (Fsp3) is 0.462. The van der Waals surface area contributed by atoms with Gasteiger partial charge in [-0.25, -0.2) is 0 Å². The van der Waals surface area contributed by atoms with Crippen LogP contribution in [0.3, 0.4) is 0 Å². The van der Waals surface area contributed by atoms with Gasteiger partial charge in [-0.15, -0.1) is 0 Å². The maximum Gasteiger partial charge on any atom is 0.140 e. The van der Waals surface area contributed by atoms with Crippen molar-refractivity contribution in [2.45, 2.75) is 38.0 Å². The summed E-state index contributed by atoms with van der Waals surface area (Å²) in [5.74, 6) is 0.404. The molecule has 1 nitrogen and oxygen atoms in total. The highest BCUT2D eigenvalue weighted by Crippen LogP contribution is 2.32. The van der Waals surface area contributed by atoms with Gasteiger partial charge in [0.15, 0.2) is 0 Å². The van der Waals surface area contributed by atoms with Crippen LogP contribution in [0.4, 0.5) is 0 Å². The number of halogens is 1. The number of carbonyl (C=O) groups excluding carboxylic acids is 1. The average Bonchev–Trinajstić information content (AvgIpc) is 2.44. The minimum absolute atomic E-state index is 0.0428. The van der Waals surface area contributed by atoms with Gasteiger partial charge < -0.3 is 0 Å². The third-order valence-corrected chi connectivity index (χ3v) is 3.43. The molecule has 0 amide bonds. The maximum atomic E-state index is 11.9. The van der Waals surface area contributed by atoms with Crippen LogP contribution < -0.4 is 0 Å². The van der Waals surface area contributed by atoms with Crippen molar-refractivity contribution in [3.63, 3.8) is 0 Å². The summed E-state index contributed by atoms with van der Waals surface area (Å²) >= 11 is 6.12. The third-order valence-electron chi connectivity index (χ3n) is 3.09. The lowest BCUT2D eigenvalue weighted by Gasteiger charge is -2.14. The second-order valence-electron chi connectivity index (χ2n) is 4.14. The van der Waals surface area contributed by atoms with Gasteiger partial charge in [0.1, 0.15) is 5.78 Å². The van der Waals surface area contributed by atoms with Crippen LogP contribution >= 0.6 is 11.6 Å². The molecule has 0 radical (unpaired) electrons. The lowest BCUT2D eigenvalue weighted by Crippen LogP contribution is -2.10. The van der Waals surface area contributed by atoms with Crippen molar-refractivity contribution in [2.24, 2.45) is 0 Å². The number of carbonyl (C=O) groups is 1. The van der Waals surface area contributed by atoms with Crippen LogP contribution in [0.2, 0.25) is 5.02 Å². The van der Waals surface area contributed by atoms with Gasteiger partial charge in [0.05, 0.1) is 0 Å². The Morgan fingerprint density at radius 1 is 1.13 bits per heavy atom. The lowest BCUT2D eigenvalue weighted by molar-refractivity contribution is -0.120. The van der Waals surface area contributed by atoms with E-state index in [1.54, 1.807) is 0 Å². The predicted molar refractivity (Wildman–Crippen MR) is 62.3 cm³/mol. The number of benzene rings is 1. The first-order valence-corrected chi connectivity index (χ1v) is 5.94. The van der Waals surface area contributed by atoms with Gasteiger partial charge in [-0.2, -0.15) is 0 Å². The Kier molecular flexibility index (Phi) is 3.42. The zero-order valence-electron chi connectivity index (χ0n) is 8.71. The fourth-order valence-electron chi connectivity index (χ4n) is 2.25. The largest absolute Gasteiger partial charge is 0.299 e. The highest BCUT2D eigenvalue weighted by molar-refractivity contribution is 6.31. The van der Waals surface area contributed by atoms with Gasteiger partial charge in [-0.3, -0.25) is 4.79 Å². The molecular formula is C13H15ClO. The van der Waals surface area contributed by atoms with Crippen LogP contribution in [-0.4, -0.2) is 5.78 Å². The first-order valence-electron chi connectivity index (χ1n) is 5.56. The number of Topliss-reactive ketones (excluding diaryl/α,β-unsaturated/α-hetero) is 1. The topological polar surface area (TPSA) is 17.1 Å².